The number of methoxy groups -OCH3 is 1. The van der Waals surface area contributed by atoms with Gasteiger partial charge in [0.15, 0.2) is 0 Å². The molecule has 0 aliphatic heterocycles. The summed E-state index contributed by atoms with van der Waals surface area (Å²) in [6.07, 6.45) is 1.32. The average Bonchev–Trinajstić information content (AvgIpc) is 3.16. The van der Waals surface area contributed by atoms with E-state index in [9.17, 15) is 14.9 Å². The number of halogens is 1. The van der Waals surface area contributed by atoms with Crippen molar-refractivity contribution >= 4 is 29.4 Å². The molecule has 0 atom stereocenters. The lowest BCUT2D eigenvalue weighted by molar-refractivity contribution is -0.384. The first-order valence-corrected chi connectivity index (χ1v) is 8.38. The largest absolute Gasteiger partial charge is 0.496 e. The van der Waals surface area contributed by atoms with Gasteiger partial charge in [-0.05, 0) is 36.4 Å². The molecule has 0 spiro atoms. The number of hydrogen-bond acceptors (Lipinski definition) is 6. The average molecular weight is 400 g/mol. The SMILES string of the molecule is COc1ccccc1C(=O)N/N=C\c1ccc(-c2ccc(Cl)c([N+](=O)[O-])c2)o1. The van der Waals surface area contributed by atoms with Crippen molar-refractivity contribution in [1.29, 1.82) is 0 Å². The van der Waals surface area contributed by atoms with Gasteiger partial charge < -0.3 is 9.15 Å². The van der Waals surface area contributed by atoms with Gasteiger partial charge in [-0.2, -0.15) is 5.10 Å². The molecule has 1 heterocycles. The van der Waals surface area contributed by atoms with Crippen LogP contribution < -0.4 is 10.2 Å². The second-order valence-electron chi connectivity index (χ2n) is 5.52. The second-order valence-corrected chi connectivity index (χ2v) is 5.93. The first-order chi connectivity index (χ1) is 13.5. The predicted octanol–water partition coefficient (Wildman–Crippen LogP) is 4.28. The highest BCUT2D eigenvalue weighted by atomic mass is 35.5. The minimum absolute atomic E-state index is 0.0427. The molecule has 0 aliphatic carbocycles. The maximum atomic E-state index is 12.2. The zero-order valence-corrected chi connectivity index (χ0v) is 15.3. The van der Waals surface area contributed by atoms with E-state index in [1.54, 1.807) is 42.5 Å². The first-order valence-electron chi connectivity index (χ1n) is 8.00. The molecule has 0 unspecified atom stereocenters. The number of hydrazone groups is 1. The van der Waals surface area contributed by atoms with Crippen molar-refractivity contribution in [2.45, 2.75) is 0 Å². The molecule has 9 heteroatoms. The van der Waals surface area contributed by atoms with Crippen LogP contribution in [0.5, 0.6) is 5.75 Å². The number of rotatable bonds is 6. The number of para-hydroxylation sites is 1. The highest BCUT2D eigenvalue weighted by Gasteiger charge is 2.15. The van der Waals surface area contributed by atoms with Crippen molar-refractivity contribution in [3.8, 4) is 17.1 Å². The maximum absolute atomic E-state index is 12.2. The zero-order valence-electron chi connectivity index (χ0n) is 14.6. The lowest BCUT2D eigenvalue weighted by Gasteiger charge is -2.05. The highest BCUT2D eigenvalue weighted by molar-refractivity contribution is 6.32. The van der Waals surface area contributed by atoms with Gasteiger partial charge in [0.05, 0.1) is 23.8 Å². The number of nitrogens with one attached hydrogen (secondary N) is 1. The Labute approximate surface area is 164 Å². The van der Waals surface area contributed by atoms with Gasteiger partial charge in [0, 0.05) is 11.6 Å². The van der Waals surface area contributed by atoms with Crippen molar-refractivity contribution in [2.24, 2.45) is 5.10 Å². The lowest BCUT2D eigenvalue weighted by Crippen LogP contribution is -2.18. The van der Waals surface area contributed by atoms with Crippen molar-refractivity contribution in [3.63, 3.8) is 0 Å². The Morgan fingerprint density at radius 2 is 2.04 bits per heavy atom. The molecular weight excluding hydrogens is 386 g/mol. The van der Waals surface area contributed by atoms with E-state index in [1.807, 2.05) is 0 Å². The Bertz CT molecular complexity index is 1060. The Morgan fingerprint density at radius 3 is 2.79 bits per heavy atom. The van der Waals surface area contributed by atoms with E-state index in [1.165, 1.54) is 25.5 Å². The van der Waals surface area contributed by atoms with Crippen LogP contribution in [0.25, 0.3) is 11.3 Å². The molecular formula is C19H14ClN3O5. The summed E-state index contributed by atoms with van der Waals surface area (Å²) in [4.78, 5) is 22.6. The number of nitro benzene ring substituents is 1. The number of carbonyl (C=O) groups is 1. The molecule has 3 rings (SSSR count). The Hall–Kier alpha value is -3.65. The van der Waals surface area contributed by atoms with Crippen LogP contribution >= 0.6 is 11.6 Å². The quantitative estimate of drug-likeness (QED) is 0.378. The van der Waals surface area contributed by atoms with Gasteiger partial charge in [0.2, 0.25) is 0 Å². The maximum Gasteiger partial charge on any atom is 0.288 e. The van der Waals surface area contributed by atoms with Crippen LogP contribution in [-0.2, 0) is 0 Å². The normalized spacial score (nSPS) is 10.8. The van der Waals surface area contributed by atoms with Crippen LogP contribution in [0.4, 0.5) is 5.69 Å². The summed E-state index contributed by atoms with van der Waals surface area (Å²) >= 11 is 5.81. The number of furan rings is 1. The van der Waals surface area contributed by atoms with Crippen LogP contribution in [0, 0.1) is 10.1 Å². The third-order valence-corrected chi connectivity index (χ3v) is 4.08. The standard InChI is InChI=1S/C19H14ClN3O5/c1-27-18-5-3-2-4-14(18)19(24)22-21-11-13-7-9-17(28-13)12-6-8-15(20)16(10-12)23(25)26/h2-11H,1H3,(H,22,24)/b21-11-. The first kappa shape index (κ1) is 19.1. The lowest BCUT2D eigenvalue weighted by atomic mass is 10.1. The summed E-state index contributed by atoms with van der Waals surface area (Å²) in [5.41, 5.74) is 3.01. The van der Waals surface area contributed by atoms with E-state index in [0.717, 1.165) is 0 Å². The molecule has 0 radical (unpaired) electrons. The Kier molecular flexibility index (Phi) is 5.71. The van der Waals surface area contributed by atoms with Gasteiger partial charge in [0.1, 0.15) is 22.3 Å². The highest BCUT2D eigenvalue weighted by Crippen LogP contribution is 2.31. The summed E-state index contributed by atoms with van der Waals surface area (Å²) in [7, 11) is 1.47. The van der Waals surface area contributed by atoms with Gasteiger partial charge >= 0.3 is 0 Å². The number of benzene rings is 2. The predicted molar refractivity (Wildman–Crippen MR) is 104 cm³/mol. The third-order valence-electron chi connectivity index (χ3n) is 3.76. The fraction of sp³-hybridized carbons (Fsp3) is 0.0526. The third kappa shape index (κ3) is 4.18. The fourth-order valence-electron chi connectivity index (χ4n) is 2.43. The van der Waals surface area contributed by atoms with Gasteiger partial charge in [-0.15, -0.1) is 0 Å². The van der Waals surface area contributed by atoms with E-state index in [0.29, 0.717) is 28.4 Å². The molecule has 1 amide bonds. The van der Waals surface area contributed by atoms with Gasteiger partial charge in [0.25, 0.3) is 11.6 Å². The molecule has 0 aliphatic rings. The minimum atomic E-state index is -0.565. The zero-order chi connectivity index (χ0) is 20.1. The molecule has 0 saturated carbocycles. The number of hydrogen-bond donors (Lipinski definition) is 1. The van der Waals surface area contributed by atoms with Crippen molar-refractivity contribution in [1.82, 2.24) is 5.43 Å². The summed E-state index contributed by atoms with van der Waals surface area (Å²) in [6.45, 7) is 0. The van der Waals surface area contributed by atoms with Crippen molar-refractivity contribution < 1.29 is 18.9 Å². The molecule has 0 fully saturated rings. The molecule has 1 aromatic heterocycles. The molecule has 28 heavy (non-hydrogen) atoms. The molecule has 1 N–H and O–H groups in total. The topological polar surface area (TPSA) is 107 Å². The fourth-order valence-corrected chi connectivity index (χ4v) is 2.62. The Morgan fingerprint density at radius 1 is 1.25 bits per heavy atom. The molecule has 8 nitrogen and oxygen atoms in total. The number of carbonyl (C=O) groups excluding carboxylic acids is 1. The number of ether oxygens (including phenoxy) is 1. The van der Waals surface area contributed by atoms with Gasteiger partial charge in [-0.25, -0.2) is 5.43 Å². The monoisotopic (exact) mass is 399 g/mol. The Balaban J connectivity index is 1.72. The van der Waals surface area contributed by atoms with Crippen molar-refractivity contribution in [2.75, 3.05) is 7.11 Å². The van der Waals surface area contributed by atoms with Crippen molar-refractivity contribution in [3.05, 3.63) is 81.1 Å². The molecule has 0 saturated heterocycles. The van der Waals surface area contributed by atoms with E-state index in [4.69, 9.17) is 20.8 Å². The molecule has 0 bridgehead atoms. The molecule has 2 aromatic carbocycles. The van der Waals surface area contributed by atoms with E-state index in [-0.39, 0.29) is 10.7 Å². The van der Waals surface area contributed by atoms with E-state index < -0.39 is 10.8 Å². The number of nitro groups is 1. The van der Waals surface area contributed by atoms with Crippen LogP contribution in [0.15, 0.2) is 64.1 Å². The van der Waals surface area contributed by atoms with Crippen LogP contribution in [0.2, 0.25) is 5.02 Å². The summed E-state index contributed by atoms with van der Waals surface area (Å²) in [5, 5.41) is 14.9. The summed E-state index contributed by atoms with van der Waals surface area (Å²) < 4.78 is 10.7. The van der Waals surface area contributed by atoms with E-state index in [2.05, 4.69) is 10.5 Å². The van der Waals surface area contributed by atoms with Crippen LogP contribution in [-0.4, -0.2) is 24.2 Å². The number of amides is 1. The second kappa shape index (κ2) is 8.36. The van der Waals surface area contributed by atoms with E-state index >= 15 is 0 Å². The van der Waals surface area contributed by atoms with Crippen LogP contribution in [0.1, 0.15) is 16.1 Å². The molecule has 142 valence electrons. The van der Waals surface area contributed by atoms with Gasteiger partial charge in [-0.3, -0.25) is 14.9 Å². The molecule has 3 aromatic rings. The van der Waals surface area contributed by atoms with Crippen LogP contribution in [0.3, 0.4) is 0 Å². The minimum Gasteiger partial charge on any atom is -0.496 e. The summed E-state index contributed by atoms with van der Waals surface area (Å²) in [5.74, 6) is 0.749. The summed E-state index contributed by atoms with van der Waals surface area (Å²) in [6, 6.07) is 14.4. The smallest absolute Gasteiger partial charge is 0.288 e. The number of nitrogens with zero attached hydrogens (tertiary/aromatic N) is 2. The van der Waals surface area contributed by atoms with Gasteiger partial charge in [-0.1, -0.05) is 23.7 Å².